The SMILES string of the molecule is CC1CN(C(=NC2CCCCC2C)Nc2cc(-c3ccccc3)ccc2O)CC(C)N1. The highest BCUT2D eigenvalue weighted by Gasteiger charge is 2.27. The fourth-order valence-electron chi connectivity index (χ4n) is 4.91. The topological polar surface area (TPSA) is 59.9 Å². The Morgan fingerprint density at radius 1 is 0.968 bits per heavy atom. The number of hydrogen-bond donors (Lipinski definition) is 3. The van der Waals surface area contributed by atoms with Gasteiger partial charge in [0.15, 0.2) is 5.96 Å². The average Bonchev–Trinajstić information content (AvgIpc) is 2.76. The number of nitrogens with zero attached hydrogens (tertiary/aromatic N) is 2. The second kappa shape index (κ2) is 9.73. The maximum Gasteiger partial charge on any atom is 0.198 e. The molecule has 0 aromatic heterocycles. The van der Waals surface area contributed by atoms with E-state index in [9.17, 15) is 5.11 Å². The van der Waals surface area contributed by atoms with Crippen molar-refractivity contribution in [2.45, 2.75) is 64.6 Å². The lowest BCUT2D eigenvalue weighted by atomic mass is 9.86. The number of anilines is 1. The Labute approximate surface area is 186 Å². The maximum atomic E-state index is 10.6. The zero-order valence-electron chi connectivity index (χ0n) is 19.0. The number of phenolic OH excluding ortho intramolecular Hbond substituents is 1. The summed E-state index contributed by atoms with van der Waals surface area (Å²) in [5, 5.41) is 17.8. The van der Waals surface area contributed by atoms with Crippen molar-refractivity contribution in [2.75, 3.05) is 18.4 Å². The van der Waals surface area contributed by atoms with Gasteiger partial charge in [0.05, 0.1) is 11.7 Å². The molecule has 1 heterocycles. The van der Waals surface area contributed by atoms with Crippen LogP contribution in [0, 0.1) is 5.92 Å². The van der Waals surface area contributed by atoms with Crippen LogP contribution in [0.2, 0.25) is 0 Å². The van der Waals surface area contributed by atoms with Crippen LogP contribution in [0.3, 0.4) is 0 Å². The number of benzene rings is 2. The normalized spacial score (nSPS) is 27.2. The molecule has 2 fully saturated rings. The smallest absolute Gasteiger partial charge is 0.198 e. The van der Waals surface area contributed by atoms with E-state index in [1.54, 1.807) is 6.07 Å². The van der Waals surface area contributed by atoms with E-state index in [-0.39, 0.29) is 5.75 Å². The van der Waals surface area contributed by atoms with Gasteiger partial charge in [-0.2, -0.15) is 0 Å². The summed E-state index contributed by atoms with van der Waals surface area (Å²) < 4.78 is 0. The van der Waals surface area contributed by atoms with Crippen LogP contribution in [0.4, 0.5) is 5.69 Å². The molecule has 2 aliphatic rings. The predicted molar refractivity (Wildman–Crippen MR) is 130 cm³/mol. The van der Waals surface area contributed by atoms with Gasteiger partial charge in [0.25, 0.3) is 0 Å². The summed E-state index contributed by atoms with van der Waals surface area (Å²) >= 11 is 0. The number of aromatic hydroxyl groups is 1. The summed E-state index contributed by atoms with van der Waals surface area (Å²) in [6, 6.07) is 17.2. The molecule has 4 atom stereocenters. The summed E-state index contributed by atoms with van der Waals surface area (Å²) in [5.74, 6) is 1.73. The number of piperazine rings is 1. The van der Waals surface area contributed by atoms with Crippen LogP contribution in [-0.4, -0.2) is 47.2 Å². The second-order valence-corrected chi connectivity index (χ2v) is 9.38. The molecule has 1 aliphatic heterocycles. The van der Waals surface area contributed by atoms with Gasteiger partial charge in [-0.3, -0.25) is 0 Å². The molecule has 5 nitrogen and oxygen atoms in total. The first kappa shape index (κ1) is 21.7. The molecular weight excluding hydrogens is 384 g/mol. The third-order valence-electron chi connectivity index (χ3n) is 6.56. The fourth-order valence-corrected chi connectivity index (χ4v) is 4.91. The molecule has 5 heteroatoms. The molecule has 4 unspecified atom stereocenters. The van der Waals surface area contributed by atoms with E-state index in [4.69, 9.17) is 4.99 Å². The molecule has 0 amide bonds. The molecule has 3 N–H and O–H groups in total. The first-order valence-corrected chi connectivity index (χ1v) is 11.7. The van der Waals surface area contributed by atoms with Crippen LogP contribution in [-0.2, 0) is 0 Å². The van der Waals surface area contributed by atoms with E-state index >= 15 is 0 Å². The van der Waals surface area contributed by atoms with Gasteiger partial charge in [0.1, 0.15) is 5.75 Å². The largest absolute Gasteiger partial charge is 0.506 e. The molecule has 1 saturated heterocycles. The van der Waals surface area contributed by atoms with Crippen molar-refractivity contribution in [1.29, 1.82) is 0 Å². The monoisotopic (exact) mass is 420 g/mol. The summed E-state index contributed by atoms with van der Waals surface area (Å²) in [4.78, 5) is 7.59. The first-order valence-electron chi connectivity index (χ1n) is 11.7. The Bertz CT molecular complexity index is 888. The van der Waals surface area contributed by atoms with Gasteiger partial charge >= 0.3 is 0 Å². The Kier molecular flexibility index (Phi) is 6.81. The van der Waals surface area contributed by atoms with Crippen LogP contribution < -0.4 is 10.6 Å². The summed E-state index contributed by atoms with van der Waals surface area (Å²) in [6.45, 7) is 8.56. The maximum absolute atomic E-state index is 10.6. The molecule has 1 saturated carbocycles. The van der Waals surface area contributed by atoms with Gasteiger partial charge in [-0.25, -0.2) is 4.99 Å². The molecule has 0 bridgehead atoms. The van der Waals surface area contributed by atoms with Gasteiger partial charge in [0.2, 0.25) is 0 Å². The van der Waals surface area contributed by atoms with E-state index in [0.717, 1.165) is 36.6 Å². The van der Waals surface area contributed by atoms with Crippen molar-refractivity contribution in [1.82, 2.24) is 10.2 Å². The van der Waals surface area contributed by atoms with Crippen molar-refractivity contribution in [3.63, 3.8) is 0 Å². The number of hydrogen-bond acceptors (Lipinski definition) is 3. The third-order valence-corrected chi connectivity index (χ3v) is 6.56. The zero-order chi connectivity index (χ0) is 21.8. The molecule has 166 valence electrons. The average molecular weight is 421 g/mol. The molecule has 1 aliphatic carbocycles. The van der Waals surface area contributed by atoms with E-state index in [0.29, 0.717) is 29.7 Å². The highest BCUT2D eigenvalue weighted by atomic mass is 16.3. The molecule has 2 aromatic rings. The van der Waals surface area contributed by atoms with Crippen LogP contribution in [0.5, 0.6) is 5.75 Å². The van der Waals surface area contributed by atoms with Gasteiger partial charge in [-0.15, -0.1) is 0 Å². The minimum Gasteiger partial charge on any atom is -0.506 e. The quantitative estimate of drug-likeness (QED) is 0.368. The lowest BCUT2D eigenvalue weighted by Crippen LogP contribution is -2.57. The third kappa shape index (κ3) is 5.40. The highest BCUT2D eigenvalue weighted by molar-refractivity contribution is 5.96. The van der Waals surface area contributed by atoms with Gasteiger partial charge in [-0.1, -0.05) is 56.2 Å². The lowest BCUT2D eigenvalue weighted by Gasteiger charge is -2.39. The molecule has 0 radical (unpaired) electrons. The van der Waals surface area contributed by atoms with Gasteiger partial charge < -0.3 is 20.6 Å². The van der Waals surface area contributed by atoms with E-state index in [2.05, 4.69) is 48.4 Å². The second-order valence-electron chi connectivity index (χ2n) is 9.38. The zero-order valence-corrected chi connectivity index (χ0v) is 19.0. The standard InChI is InChI=1S/C26H36N4O/c1-18-9-7-8-12-23(18)28-26(30-16-19(2)27-20(3)17-30)29-24-15-22(13-14-25(24)31)21-10-5-4-6-11-21/h4-6,10-11,13-15,18-20,23,27,31H,7-9,12,16-17H2,1-3H3,(H,28,29). The van der Waals surface area contributed by atoms with Gasteiger partial charge in [0, 0.05) is 25.2 Å². The minimum atomic E-state index is 0.250. The van der Waals surface area contributed by atoms with E-state index < -0.39 is 0 Å². The predicted octanol–water partition coefficient (Wildman–Crippen LogP) is 5.09. The molecule has 31 heavy (non-hydrogen) atoms. The number of rotatable bonds is 3. The van der Waals surface area contributed by atoms with Crippen molar-refractivity contribution < 1.29 is 5.11 Å². The summed E-state index contributed by atoms with van der Waals surface area (Å²) in [7, 11) is 0. The van der Waals surface area contributed by atoms with E-state index in [1.165, 1.54) is 19.3 Å². The van der Waals surface area contributed by atoms with Crippen molar-refractivity contribution in [3.05, 3.63) is 48.5 Å². The summed E-state index contributed by atoms with van der Waals surface area (Å²) in [6.07, 6.45) is 4.93. The van der Waals surface area contributed by atoms with Crippen LogP contribution >= 0.6 is 0 Å². The van der Waals surface area contributed by atoms with Crippen LogP contribution in [0.1, 0.15) is 46.5 Å². The van der Waals surface area contributed by atoms with Gasteiger partial charge in [-0.05, 0) is 55.9 Å². The molecular formula is C26H36N4O. The highest BCUT2D eigenvalue weighted by Crippen LogP contribution is 2.31. The Balaban J connectivity index is 1.66. The minimum absolute atomic E-state index is 0.250. The fraction of sp³-hybridized carbons (Fsp3) is 0.500. The number of nitrogens with one attached hydrogen (secondary N) is 2. The Hall–Kier alpha value is -2.53. The summed E-state index contributed by atoms with van der Waals surface area (Å²) in [5.41, 5.74) is 2.92. The number of aliphatic imine (C=N–C) groups is 1. The Morgan fingerprint density at radius 3 is 2.39 bits per heavy atom. The molecule has 0 spiro atoms. The van der Waals surface area contributed by atoms with Crippen molar-refractivity contribution in [2.24, 2.45) is 10.9 Å². The first-order chi connectivity index (χ1) is 15.0. The molecule has 2 aromatic carbocycles. The number of phenols is 1. The van der Waals surface area contributed by atoms with Crippen molar-refractivity contribution in [3.8, 4) is 16.9 Å². The van der Waals surface area contributed by atoms with Crippen LogP contribution in [0.15, 0.2) is 53.5 Å². The van der Waals surface area contributed by atoms with E-state index in [1.807, 2.05) is 30.3 Å². The molecule has 4 rings (SSSR count). The van der Waals surface area contributed by atoms with Crippen LogP contribution in [0.25, 0.3) is 11.1 Å². The Morgan fingerprint density at radius 2 is 1.68 bits per heavy atom. The van der Waals surface area contributed by atoms with Crippen molar-refractivity contribution >= 4 is 11.6 Å². The number of guanidine groups is 1. The lowest BCUT2D eigenvalue weighted by molar-refractivity contribution is 0.250.